The summed E-state index contributed by atoms with van der Waals surface area (Å²) in [4.78, 5) is 25.5. The summed E-state index contributed by atoms with van der Waals surface area (Å²) in [6, 6.07) is 13.1. The molecule has 0 atom stereocenters. The lowest BCUT2D eigenvalue weighted by Crippen LogP contribution is -2.32. The van der Waals surface area contributed by atoms with Crippen LogP contribution in [0.15, 0.2) is 42.5 Å². The number of hydrogen-bond donors (Lipinski definition) is 2. The van der Waals surface area contributed by atoms with Crippen molar-refractivity contribution in [3.63, 3.8) is 0 Å². The molecule has 144 valence electrons. The van der Waals surface area contributed by atoms with Crippen LogP contribution < -0.4 is 15.4 Å². The highest BCUT2D eigenvalue weighted by atomic mass is 16.5. The van der Waals surface area contributed by atoms with Gasteiger partial charge in [0.15, 0.2) is 0 Å². The quantitative estimate of drug-likeness (QED) is 0.748. The summed E-state index contributed by atoms with van der Waals surface area (Å²) in [7, 11) is 1.65. The Bertz CT molecular complexity index is 788. The van der Waals surface area contributed by atoms with Crippen molar-refractivity contribution in [1.82, 2.24) is 4.90 Å². The number of nitrogens with one attached hydrogen (secondary N) is 2. The maximum atomic E-state index is 12.4. The second kappa shape index (κ2) is 9.73. The number of likely N-dealkylation sites (N-methyl/N-ethyl adjacent to an activating group) is 1. The third kappa shape index (κ3) is 6.42. The van der Waals surface area contributed by atoms with Gasteiger partial charge < -0.3 is 15.4 Å². The smallest absolute Gasteiger partial charge is 0.238 e. The highest BCUT2D eigenvalue weighted by molar-refractivity contribution is 5.93. The van der Waals surface area contributed by atoms with E-state index in [1.54, 1.807) is 31.4 Å². The van der Waals surface area contributed by atoms with Crippen LogP contribution in [0.2, 0.25) is 0 Å². The van der Waals surface area contributed by atoms with Gasteiger partial charge in [-0.15, -0.1) is 0 Å². The number of hydrogen-bond acceptors (Lipinski definition) is 4. The maximum absolute atomic E-state index is 12.4. The first-order valence-electron chi connectivity index (χ1n) is 8.94. The molecule has 6 nitrogen and oxygen atoms in total. The summed E-state index contributed by atoms with van der Waals surface area (Å²) in [6.07, 6.45) is 0. The van der Waals surface area contributed by atoms with Gasteiger partial charge in [-0.1, -0.05) is 24.6 Å². The Balaban J connectivity index is 1.96. The molecular formula is C21H27N3O3. The molecule has 27 heavy (non-hydrogen) atoms. The minimum atomic E-state index is -0.128. The summed E-state index contributed by atoms with van der Waals surface area (Å²) < 4.78 is 5.43. The molecule has 0 radical (unpaired) electrons. The summed E-state index contributed by atoms with van der Waals surface area (Å²) in [6.45, 7) is 7.18. The first-order valence-corrected chi connectivity index (χ1v) is 8.94. The average Bonchev–Trinajstić information content (AvgIpc) is 2.62. The fourth-order valence-corrected chi connectivity index (χ4v) is 2.80. The number of methoxy groups -OCH3 is 1. The number of anilines is 2. The highest BCUT2D eigenvalue weighted by Crippen LogP contribution is 2.21. The van der Waals surface area contributed by atoms with Crippen LogP contribution in [0.25, 0.3) is 0 Å². The minimum absolute atomic E-state index is 0.0873. The molecule has 0 unspecified atom stereocenters. The fraction of sp³-hybridized carbons (Fsp3) is 0.333. The Labute approximate surface area is 160 Å². The van der Waals surface area contributed by atoms with Crippen LogP contribution in [0, 0.1) is 6.92 Å². The van der Waals surface area contributed by atoms with Crippen LogP contribution >= 0.6 is 0 Å². The zero-order chi connectivity index (χ0) is 19.8. The summed E-state index contributed by atoms with van der Waals surface area (Å²) in [5.74, 6) is 0.612. The second-order valence-electron chi connectivity index (χ2n) is 6.43. The lowest BCUT2D eigenvalue weighted by atomic mass is 10.1. The van der Waals surface area contributed by atoms with Crippen molar-refractivity contribution in [3.05, 3.63) is 53.6 Å². The molecule has 6 heteroatoms. The van der Waals surface area contributed by atoms with Crippen molar-refractivity contribution in [1.29, 1.82) is 0 Å². The van der Waals surface area contributed by atoms with Crippen molar-refractivity contribution < 1.29 is 14.3 Å². The van der Waals surface area contributed by atoms with Gasteiger partial charge in [-0.3, -0.25) is 14.5 Å². The largest absolute Gasteiger partial charge is 0.496 e. The van der Waals surface area contributed by atoms with E-state index in [-0.39, 0.29) is 18.4 Å². The number of ether oxygens (including phenoxy) is 1. The van der Waals surface area contributed by atoms with Gasteiger partial charge in [0, 0.05) is 30.4 Å². The van der Waals surface area contributed by atoms with Crippen molar-refractivity contribution in [3.8, 4) is 5.75 Å². The molecule has 0 saturated carbocycles. The van der Waals surface area contributed by atoms with E-state index in [0.717, 1.165) is 23.4 Å². The molecule has 2 aromatic rings. The van der Waals surface area contributed by atoms with E-state index in [1.165, 1.54) is 6.92 Å². The van der Waals surface area contributed by atoms with Crippen LogP contribution in [0.3, 0.4) is 0 Å². The molecule has 2 aromatic carbocycles. The van der Waals surface area contributed by atoms with Crippen LogP contribution in [0.1, 0.15) is 25.0 Å². The molecule has 0 spiro atoms. The lowest BCUT2D eigenvalue weighted by molar-refractivity contribution is -0.117. The molecule has 0 aliphatic heterocycles. The number of benzene rings is 2. The molecule has 2 amide bonds. The number of nitrogens with zero attached hydrogens (tertiary/aromatic N) is 1. The zero-order valence-electron chi connectivity index (χ0n) is 16.3. The van der Waals surface area contributed by atoms with E-state index in [1.807, 2.05) is 26.0 Å². The standard InChI is InChI=1S/C21H27N3O3/c1-5-24(13-17-12-15(2)6-11-20(17)27-4)14-21(26)23-19-9-7-18(8-10-19)22-16(3)25/h6-12H,5,13-14H2,1-4H3,(H,22,25)(H,23,26). The number of carbonyl (C=O) groups excluding carboxylic acids is 2. The van der Waals surface area contributed by atoms with Crippen molar-refractivity contribution in [2.24, 2.45) is 0 Å². The van der Waals surface area contributed by atoms with Gasteiger partial charge in [0.1, 0.15) is 5.75 Å². The number of carbonyl (C=O) groups is 2. The van der Waals surface area contributed by atoms with Crippen LogP contribution in [-0.2, 0) is 16.1 Å². The fourth-order valence-electron chi connectivity index (χ4n) is 2.80. The predicted octanol–water partition coefficient (Wildman–Crippen LogP) is 3.42. The molecular weight excluding hydrogens is 342 g/mol. The van der Waals surface area contributed by atoms with Gasteiger partial charge in [0.05, 0.1) is 13.7 Å². The van der Waals surface area contributed by atoms with Crippen LogP contribution in [-0.4, -0.2) is 36.9 Å². The minimum Gasteiger partial charge on any atom is -0.496 e. The maximum Gasteiger partial charge on any atom is 0.238 e. The number of amides is 2. The third-order valence-electron chi connectivity index (χ3n) is 4.13. The van der Waals surface area contributed by atoms with Gasteiger partial charge in [0.25, 0.3) is 0 Å². The molecule has 0 aromatic heterocycles. The van der Waals surface area contributed by atoms with Gasteiger partial charge in [-0.2, -0.15) is 0 Å². The SMILES string of the molecule is CCN(CC(=O)Nc1ccc(NC(C)=O)cc1)Cc1cc(C)ccc1OC. The molecule has 0 bridgehead atoms. The summed E-state index contributed by atoms with van der Waals surface area (Å²) >= 11 is 0. The normalized spacial score (nSPS) is 10.6. The summed E-state index contributed by atoms with van der Waals surface area (Å²) in [5, 5.41) is 5.59. The number of rotatable bonds is 8. The van der Waals surface area contributed by atoms with E-state index < -0.39 is 0 Å². The van der Waals surface area contributed by atoms with Crippen molar-refractivity contribution in [2.45, 2.75) is 27.3 Å². The highest BCUT2D eigenvalue weighted by Gasteiger charge is 2.13. The summed E-state index contributed by atoms with van der Waals surface area (Å²) in [5.41, 5.74) is 3.61. The molecule has 0 aliphatic rings. The Morgan fingerprint density at radius 1 is 1.04 bits per heavy atom. The van der Waals surface area contributed by atoms with Crippen molar-refractivity contribution in [2.75, 3.05) is 30.8 Å². The predicted molar refractivity (Wildman–Crippen MR) is 108 cm³/mol. The van der Waals surface area contributed by atoms with E-state index in [0.29, 0.717) is 17.9 Å². The molecule has 0 aliphatic carbocycles. The van der Waals surface area contributed by atoms with Gasteiger partial charge in [-0.05, 0) is 43.8 Å². The Morgan fingerprint density at radius 3 is 2.22 bits per heavy atom. The first-order chi connectivity index (χ1) is 12.9. The van der Waals surface area contributed by atoms with Gasteiger partial charge in [0.2, 0.25) is 11.8 Å². The van der Waals surface area contributed by atoms with E-state index in [9.17, 15) is 9.59 Å². The second-order valence-corrected chi connectivity index (χ2v) is 6.43. The van der Waals surface area contributed by atoms with Crippen LogP contribution in [0.5, 0.6) is 5.75 Å². The molecule has 0 saturated heterocycles. The topological polar surface area (TPSA) is 70.7 Å². The van der Waals surface area contributed by atoms with Gasteiger partial charge in [-0.25, -0.2) is 0 Å². The van der Waals surface area contributed by atoms with E-state index in [2.05, 4.69) is 21.6 Å². The third-order valence-corrected chi connectivity index (χ3v) is 4.13. The zero-order valence-corrected chi connectivity index (χ0v) is 16.3. The Morgan fingerprint density at radius 2 is 1.67 bits per heavy atom. The van der Waals surface area contributed by atoms with E-state index in [4.69, 9.17) is 4.74 Å². The lowest BCUT2D eigenvalue weighted by Gasteiger charge is -2.21. The first kappa shape index (κ1) is 20.5. The Kier molecular flexibility index (Phi) is 7.37. The molecule has 0 heterocycles. The van der Waals surface area contributed by atoms with Crippen molar-refractivity contribution >= 4 is 23.2 Å². The monoisotopic (exact) mass is 369 g/mol. The average molecular weight is 369 g/mol. The molecule has 2 rings (SSSR count). The van der Waals surface area contributed by atoms with Crippen LogP contribution in [0.4, 0.5) is 11.4 Å². The molecule has 2 N–H and O–H groups in total. The van der Waals surface area contributed by atoms with E-state index >= 15 is 0 Å². The Hall–Kier alpha value is -2.86. The van der Waals surface area contributed by atoms with Gasteiger partial charge >= 0.3 is 0 Å². The molecule has 0 fully saturated rings. The number of aryl methyl sites for hydroxylation is 1.